The minimum Gasteiger partial charge on any atom is -0.349 e. The largest absolute Gasteiger partial charge is 0.349 e. The number of hydrogen-bond donors (Lipinski definition) is 2. The van der Waals surface area contributed by atoms with Gasteiger partial charge in [-0.1, -0.05) is 35.3 Å². The van der Waals surface area contributed by atoms with Crippen LogP contribution in [-0.4, -0.2) is 50.7 Å². The summed E-state index contributed by atoms with van der Waals surface area (Å²) in [6.07, 6.45) is 8.04. The molecular weight excluding hydrogens is 593 g/mol. The zero-order valence-corrected chi connectivity index (χ0v) is 25.6. The van der Waals surface area contributed by atoms with Crippen molar-refractivity contribution < 1.29 is 18.0 Å². The van der Waals surface area contributed by atoms with Crippen molar-refractivity contribution in [1.29, 1.82) is 0 Å². The van der Waals surface area contributed by atoms with Gasteiger partial charge in [0.2, 0.25) is 0 Å². The number of hydrogen-bond acceptors (Lipinski definition) is 5. The van der Waals surface area contributed by atoms with Gasteiger partial charge in [0.25, 0.3) is 15.9 Å². The van der Waals surface area contributed by atoms with Gasteiger partial charge in [0.1, 0.15) is 0 Å². The molecule has 1 aliphatic carbocycles. The highest BCUT2D eigenvalue weighted by Crippen LogP contribution is 2.29. The molecule has 0 atom stereocenters. The average Bonchev–Trinajstić information content (AvgIpc) is 3.51. The van der Waals surface area contributed by atoms with E-state index >= 15 is 0 Å². The van der Waals surface area contributed by atoms with Crippen LogP contribution in [0.2, 0.25) is 10.0 Å². The van der Waals surface area contributed by atoms with E-state index in [1.54, 1.807) is 18.2 Å². The normalized spacial score (nSPS) is 19.4. The Labute approximate surface area is 257 Å². The lowest BCUT2D eigenvalue weighted by Crippen LogP contribution is -2.38. The number of carbonyl (C=O) groups excluding carboxylic acids is 2. The molecule has 42 heavy (non-hydrogen) atoms. The molecule has 2 fully saturated rings. The lowest BCUT2D eigenvalue weighted by molar-refractivity contribution is 0.0919. The van der Waals surface area contributed by atoms with Gasteiger partial charge >= 0.3 is 0 Å². The molecule has 0 radical (unpaired) electrons. The summed E-state index contributed by atoms with van der Waals surface area (Å²) in [4.78, 5) is 28.6. The Morgan fingerprint density at radius 1 is 0.857 bits per heavy atom. The smallest absolute Gasteiger partial charge is 0.261 e. The molecular formula is C32H35Cl2N3O4S. The number of halogens is 2. The predicted molar refractivity (Wildman–Crippen MR) is 167 cm³/mol. The summed E-state index contributed by atoms with van der Waals surface area (Å²) in [7, 11) is -4.05. The first-order valence-electron chi connectivity index (χ1n) is 14.4. The Kier molecular flexibility index (Phi) is 9.88. The summed E-state index contributed by atoms with van der Waals surface area (Å²) in [5.74, 6) is 0.0742. The van der Waals surface area contributed by atoms with Crippen LogP contribution in [-0.2, 0) is 10.0 Å². The van der Waals surface area contributed by atoms with Crippen LogP contribution in [0.3, 0.4) is 0 Å². The zero-order valence-electron chi connectivity index (χ0n) is 23.3. The first-order valence-corrected chi connectivity index (χ1v) is 16.7. The van der Waals surface area contributed by atoms with Crippen molar-refractivity contribution >= 4 is 50.6 Å². The van der Waals surface area contributed by atoms with Crippen molar-refractivity contribution in [3.05, 3.63) is 93.5 Å². The van der Waals surface area contributed by atoms with E-state index in [0.717, 1.165) is 31.6 Å². The molecule has 3 aromatic carbocycles. The van der Waals surface area contributed by atoms with Gasteiger partial charge in [-0.05, 0) is 125 Å². The highest BCUT2D eigenvalue weighted by Gasteiger charge is 2.25. The fourth-order valence-electron chi connectivity index (χ4n) is 5.81. The molecule has 0 spiro atoms. The van der Waals surface area contributed by atoms with Crippen LogP contribution >= 0.6 is 23.2 Å². The lowest BCUT2D eigenvalue weighted by atomic mass is 9.84. The summed E-state index contributed by atoms with van der Waals surface area (Å²) in [6.45, 7) is 3.65. The zero-order chi connectivity index (χ0) is 29.7. The van der Waals surface area contributed by atoms with Gasteiger partial charge < -0.3 is 10.2 Å². The first-order chi connectivity index (χ1) is 20.2. The topological polar surface area (TPSA) is 95.6 Å². The third-order valence-electron chi connectivity index (χ3n) is 8.25. The average molecular weight is 629 g/mol. The first kappa shape index (κ1) is 30.5. The minimum atomic E-state index is -4.05. The van der Waals surface area contributed by atoms with E-state index in [1.807, 2.05) is 0 Å². The third-order valence-corrected chi connectivity index (χ3v) is 10.2. The van der Waals surface area contributed by atoms with Gasteiger partial charge in [0.05, 0.1) is 15.6 Å². The van der Waals surface area contributed by atoms with Crippen LogP contribution < -0.4 is 10.0 Å². The second kappa shape index (κ2) is 13.6. The number of carbonyl (C=O) groups is 2. The van der Waals surface area contributed by atoms with Crippen LogP contribution in [0.25, 0.3) is 0 Å². The van der Waals surface area contributed by atoms with Gasteiger partial charge in [0.15, 0.2) is 5.78 Å². The fourth-order valence-corrected chi connectivity index (χ4v) is 7.39. The van der Waals surface area contributed by atoms with Crippen LogP contribution in [0.4, 0.5) is 5.69 Å². The molecule has 1 saturated heterocycles. The number of para-hydroxylation sites is 1. The minimum absolute atomic E-state index is 0.0238. The van der Waals surface area contributed by atoms with Crippen molar-refractivity contribution in [1.82, 2.24) is 10.2 Å². The van der Waals surface area contributed by atoms with E-state index in [1.165, 1.54) is 87.4 Å². The highest BCUT2D eigenvalue weighted by molar-refractivity contribution is 7.92. The quantitative estimate of drug-likeness (QED) is 0.241. The maximum Gasteiger partial charge on any atom is 0.261 e. The Morgan fingerprint density at radius 2 is 1.55 bits per heavy atom. The lowest BCUT2D eigenvalue weighted by Gasteiger charge is -2.30. The molecule has 3 aromatic rings. The summed E-state index contributed by atoms with van der Waals surface area (Å²) < 4.78 is 29.0. The van der Waals surface area contributed by atoms with Gasteiger partial charge in [0, 0.05) is 27.8 Å². The molecule has 1 aliphatic heterocycles. The van der Waals surface area contributed by atoms with Gasteiger partial charge in [-0.3, -0.25) is 14.3 Å². The second-order valence-corrected chi connectivity index (χ2v) is 13.7. The number of likely N-dealkylation sites (tertiary alicyclic amines) is 1. The molecule has 1 saturated carbocycles. The standard InChI is InChI=1S/C32H35Cl2N3O4S/c33-24-11-16-27(29(34)21-24)31(38)28-5-1-2-6-30(28)36-42(40,41)26-14-9-23(10-15-26)32(39)35-25-12-7-22(8-13-25)17-20-37-18-3-4-19-37/h1-2,5-6,9-11,14-16,21-22,25,36H,3-4,7-8,12-13,17-20H2,(H,35,39)/t22-,25-. The predicted octanol–water partition coefficient (Wildman–Crippen LogP) is 6.80. The Hall–Kier alpha value is -2.91. The molecule has 0 bridgehead atoms. The fraction of sp³-hybridized carbons (Fsp3) is 0.375. The summed E-state index contributed by atoms with van der Waals surface area (Å²) in [6, 6.07) is 16.8. The summed E-state index contributed by atoms with van der Waals surface area (Å²) in [5.41, 5.74) is 0.871. The van der Waals surface area contributed by atoms with Crippen molar-refractivity contribution in [2.24, 2.45) is 5.92 Å². The molecule has 10 heteroatoms. The van der Waals surface area contributed by atoms with E-state index < -0.39 is 15.8 Å². The van der Waals surface area contributed by atoms with E-state index in [0.29, 0.717) is 10.6 Å². The number of anilines is 1. The molecule has 2 N–H and O–H groups in total. The van der Waals surface area contributed by atoms with Crippen molar-refractivity contribution in [2.75, 3.05) is 24.4 Å². The molecule has 7 nitrogen and oxygen atoms in total. The summed E-state index contributed by atoms with van der Waals surface area (Å²) >= 11 is 12.2. The number of ketones is 1. The summed E-state index contributed by atoms with van der Waals surface area (Å²) in [5, 5.41) is 3.68. The number of rotatable bonds is 10. The van der Waals surface area contributed by atoms with Crippen LogP contribution in [0.1, 0.15) is 71.2 Å². The van der Waals surface area contributed by atoms with Crippen LogP contribution in [0.15, 0.2) is 71.6 Å². The van der Waals surface area contributed by atoms with Gasteiger partial charge in [-0.15, -0.1) is 0 Å². The Balaban J connectivity index is 1.18. The number of nitrogens with zero attached hydrogens (tertiary/aromatic N) is 1. The number of sulfonamides is 1. The van der Waals surface area contributed by atoms with E-state index in [-0.39, 0.29) is 38.7 Å². The molecule has 222 valence electrons. The Morgan fingerprint density at radius 3 is 2.24 bits per heavy atom. The number of nitrogens with one attached hydrogen (secondary N) is 2. The van der Waals surface area contributed by atoms with E-state index in [4.69, 9.17) is 23.2 Å². The monoisotopic (exact) mass is 627 g/mol. The number of amides is 1. The number of benzene rings is 3. The third kappa shape index (κ3) is 7.53. The van der Waals surface area contributed by atoms with Gasteiger partial charge in [-0.2, -0.15) is 0 Å². The maximum absolute atomic E-state index is 13.2. The second-order valence-electron chi connectivity index (χ2n) is 11.2. The Bertz CT molecular complexity index is 1530. The molecule has 1 amide bonds. The van der Waals surface area contributed by atoms with E-state index in [9.17, 15) is 18.0 Å². The maximum atomic E-state index is 13.2. The van der Waals surface area contributed by atoms with Crippen molar-refractivity contribution in [3.8, 4) is 0 Å². The van der Waals surface area contributed by atoms with Crippen molar-refractivity contribution in [3.63, 3.8) is 0 Å². The SMILES string of the molecule is O=C(N[C@H]1CC[C@H](CCN2CCCC2)CC1)c1ccc(S(=O)(=O)Nc2ccccc2C(=O)c2ccc(Cl)cc2Cl)cc1. The van der Waals surface area contributed by atoms with Gasteiger partial charge in [-0.25, -0.2) is 8.42 Å². The molecule has 2 aliphatic rings. The highest BCUT2D eigenvalue weighted by atomic mass is 35.5. The molecule has 0 aromatic heterocycles. The van der Waals surface area contributed by atoms with E-state index in [2.05, 4.69) is 14.9 Å². The van der Waals surface area contributed by atoms with Crippen molar-refractivity contribution in [2.45, 2.75) is 55.9 Å². The molecule has 1 heterocycles. The van der Waals surface area contributed by atoms with Crippen LogP contribution in [0.5, 0.6) is 0 Å². The molecule has 5 rings (SSSR count). The molecule has 0 unspecified atom stereocenters. The van der Waals surface area contributed by atoms with Crippen LogP contribution in [0, 0.1) is 5.92 Å².